The topological polar surface area (TPSA) is 50.9 Å². The van der Waals surface area contributed by atoms with E-state index in [1.54, 1.807) is 23.1 Å². The maximum absolute atomic E-state index is 6.04. The summed E-state index contributed by atoms with van der Waals surface area (Å²) in [6.45, 7) is 0.722. The number of hydrogen-bond donors (Lipinski definition) is 2. The van der Waals surface area contributed by atoms with Gasteiger partial charge in [0.1, 0.15) is 0 Å². The summed E-state index contributed by atoms with van der Waals surface area (Å²) in [4.78, 5) is 4.69. The summed E-state index contributed by atoms with van der Waals surface area (Å²) < 4.78 is 3.47. The number of hydrogen-bond acceptors (Lipinski definition) is 5. The number of rotatable bonds is 4. The fraction of sp³-hybridized carbons (Fsp3) is 0.133. The van der Waals surface area contributed by atoms with Crippen LogP contribution >= 0.6 is 45.7 Å². The Morgan fingerprint density at radius 1 is 1.33 bits per heavy atom. The van der Waals surface area contributed by atoms with Gasteiger partial charge in [-0.2, -0.15) is 0 Å². The molecule has 0 atom stereocenters. The second-order valence-corrected chi connectivity index (χ2v) is 7.86. The molecule has 3 rings (SSSR count). The minimum Gasteiger partial charge on any atom is -0.397 e. The zero-order chi connectivity index (χ0) is 14.8. The quantitative estimate of drug-likeness (QED) is 0.356. The molecule has 0 aliphatic rings. The molecule has 1 aromatic heterocycles. The van der Waals surface area contributed by atoms with E-state index >= 15 is 0 Å². The Balaban J connectivity index is 1.86. The molecular weight excluding hydrogens is 413 g/mol. The predicted molar refractivity (Wildman–Crippen MR) is 102 cm³/mol. The average Bonchev–Trinajstić information content (AvgIpc) is 2.90. The van der Waals surface area contributed by atoms with Gasteiger partial charge in [-0.05, 0) is 58.7 Å². The molecule has 108 valence electrons. The maximum Gasteiger partial charge on any atom is 0.150 e. The fourth-order valence-electron chi connectivity index (χ4n) is 2.10. The van der Waals surface area contributed by atoms with Crippen molar-refractivity contribution in [1.82, 2.24) is 4.98 Å². The summed E-state index contributed by atoms with van der Waals surface area (Å²) in [6, 6.07) is 12.4. The predicted octanol–water partition coefficient (Wildman–Crippen LogP) is 4.82. The molecule has 0 amide bonds. The lowest BCUT2D eigenvalue weighted by atomic mass is 10.2. The number of nitrogens with one attached hydrogen (secondary N) is 1. The summed E-state index contributed by atoms with van der Waals surface area (Å²) >= 11 is 5.69. The zero-order valence-corrected chi connectivity index (χ0v) is 15.2. The number of nitrogens with two attached hydrogens (primary N) is 1. The number of para-hydroxylation sites is 1. The van der Waals surface area contributed by atoms with E-state index in [4.69, 9.17) is 5.73 Å². The van der Waals surface area contributed by atoms with Crippen LogP contribution in [0.5, 0.6) is 0 Å². The molecular formula is C15H14IN3S2. The third-order valence-electron chi connectivity index (χ3n) is 3.14. The monoisotopic (exact) mass is 427 g/mol. The molecule has 3 N–H and O–H groups in total. The lowest BCUT2D eigenvalue weighted by molar-refractivity contribution is 1.15. The Labute approximate surface area is 145 Å². The van der Waals surface area contributed by atoms with Crippen LogP contribution in [0.25, 0.3) is 10.2 Å². The third-order valence-corrected chi connectivity index (χ3v) is 5.82. The summed E-state index contributed by atoms with van der Waals surface area (Å²) in [7, 11) is 0. The molecule has 21 heavy (non-hydrogen) atoms. The van der Waals surface area contributed by atoms with Gasteiger partial charge in [0, 0.05) is 10.1 Å². The van der Waals surface area contributed by atoms with E-state index in [1.807, 2.05) is 12.1 Å². The van der Waals surface area contributed by atoms with Gasteiger partial charge in [-0.25, -0.2) is 4.98 Å². The van der Waals surface area contributed by atoms with Crippen LogP contribution in [-0.4, -0.2) is 11.2 Å². The molecule has 0 bridgehead atoms. The maximum atomic E-state index is 6.04. The number of halogens is 1. The van der Waals surface area contributed by atoms with Crippen LogP contribution in [0.1, 0.15) is 5.56 Å². The SMILES string of the molecule is CSc1nc2c(CNc3ccc(I)cc3N)cccc2s1. The normalized spacial score (nSPS) is 11.0. The van der Waals surface area contributed by atoms with Gasteiger partial charge in [0.2, 0.25) is 0 Å². The number of nitrogen functional groups attached to an aromatic ring is 1. The molecule has 1 heterocycles. The Bertz CT molecular complexity index is 786. The second kappa shape index (κ2) is 6.41. The first-order valence-corrected chi connectivity index (χ1v) is 9.50. The Kier molecular flexibility index (Phi) is 4.56. The Hall–Kier alpha value is -0.990. The summed E-state index contributed by atoms with van der Waals surface area (Å²) in [6.07, 6.45) is 2.06. The number of benzene rings is 2. The van der Waals surface area contributed by atoms with Gasteiger partial charge in [0.15, 0.2) is 4.34 Å². The molecule has 0 radical (unpaired) electrons. The van der Waals surface area contributed by atoms with Crippen molar-refractivity contribution in [3.63, 3.8) is 0 Å². The molecule has 0 spiro atoms. The van der Waals surface area contributed by atoms with Crippen LogP contribution in [0.15, 0.2) is 40.7 Å². The van der Waals surface area contributed by atoms with Crippen LogP contribution in [0, 0.1) is 3.57 Å². The van der Waals surface area contributed by atoms with Crippen molar-refractivity contribution >= 4 is 67.3 Å². The number of fused-ring (bicyclic) bond motifs is 1. The van der Waals surface area contributed by atoms with Gasteiger partial charge in [-0.15, -0.1) is 11.3 Å². The largest absolute Gasteiger partial charge is 0.397 e. The number of thiazole rings is 1. The standard InChI is InChI=1S/C15H14IN3S2/c1-20-15-19-14-9(3-2-4-13(14)21-15)8-18-12-6-5-10(16)7-11(12)17/h2-7,18H,8,17H2,1H3. The van der Waals surface area contributed by atoms with Crippen molar-refractivity contribution in [2.24, 2.45) is 0 Å². The van der Waals surface area contributed by atoms with Crippen molar-refractivity contribution < 1.29 is 0 Å². The lowest BCUT2D eigenvalue weighted by Gasteiger charge is -2.10. The average molecular weight is 427 g/mol. The molecule has 0 unspecified atom stereocenters. The van der Waals surface area contributed by atoms with E-state index in [9.17, 15) is 0 Å². The number of aromatic nitrogens is 1. The molecule has 3 nitrogen and oxygen atoms in total. The van der Waals surface area contributed by atoms with Crippen LogP contribution < -0.4 is 11.1 Å². The van der Waals surface area contributed by atoms with Crippen molar-refractivity contribution in [1.29, 1.82) is 0 Å². The molecule has 2 aromatic carbocycles. The van der Waals surface area contributed by atoms with Crippen LogP contribution in [0.3, 0.4) is 0 Å². The van der Waals surface area contributed by atoms with Crippen molar-refractivity contribution in [2.75, 3.05) is 17.3 Å². The third kappa shape index (κ3) is 3.27. The molecule has 3 aromatic rings. The van der Waals surface area contributed by atoms with E-state index in [2.05, 4.69) is 63.4 Å². The van der Waals surface area contributed by atoms with Gasteiger partial charge < -0.3 is 11.1 Å². The first-order valence-electron chi connectivity index (χ1n) is 6.38. The van der Waals surface area contributed by atoms with Gasteiger partial charge in [0.05, 0.1) is 21.6 Å². The van der Waals surface area contributed by atoms with E-state index in [0.717, 1.165) is 31.3 Å². The van der Waals surface area contributed by atoms with Gasteiger partial charge >= 0.3 is 0 Å². The molecule has 0 fully saturated rings. The highest BCUT2D eigenvalue weighted by Gasteiger charge is 2.08. The highest BCUT2D eigenvalue weighted by molar-refractivity contribution is 14.1. The van der Waals surface area contributed by atoms with Crippen LogP contribution in [0.4, 0.5) is 11.4 Å². The highest BCUT2D eigenvalue weighted by Crippen LogP contribution is 2.30. The van der Waals surface area contributed by atoms with Crippen molar-refractivity contribution in [3.8, 4) is 0 Å². The summed E-state index contributed by atoms with van der Waals surface area (Å²) in [5, 5.41) is 3.41. The van der Waals surface area contributed by atoms with Gasteiger partial charge in [0.25, 0.3) is 0 Å². The fourth-order valence-corrected chi connectivity index (χ4v) is 4.15. The molecule has 0 aliphatic heterocycles. The number of thioether (sulfide) groups is 1. The smallest absolute Gasteiger partial charge is 0.150 e. The number of anilines is 2. The van der Waals surface area contributed by atoms with E-state index in [-0.39, 0.29) is 0 Å². The first-order chi connectivity index (χ1) is 10.2. The van der Waals surface area contributed by atoms with Crippen LogP contribution in [-0.2, 0) is 6.54 Å². The first kappa shape index (κ1) is 14.9. The van der Waals surface area contributed by atoms with Gasteiger partial charge in [-0.1, -0.05) is 23.9 Å². The Morgan fingerprint density at radius 3 is 2.95 bits per heavy atom. The van der Waals surface area contributed by atoms with Crippen LogP contribution in [0.2, 0.25) is 0 Å². The van der Waals surface area contributed by atoms with Crippen molar-refractivity contribution in [2.45, 2.75) is 10.9 Å². The second-order valence-electron chi connectivity index (χ2n) is 4.53. The minimum absolute atomic E-state index is 0.722. The zero-order valence-electron chi connectivity index (χ0n) is 11.4. The van der Waals surface area contributed by atoms with Crippen molar-refractivity contribution in [3.05, 3.63) is 45.5 Å². The Morgan fingerprint density at radius 2 is 2.19 bits per heavy atom. The lowest BCUT2D eigenvalue weighted by Crippen LogP contribution is -2.03. The summed E-state index contributed by atoms with van der Waals surface area (Å²) in [5.41, 5.74) is 10.1. The summed E-state index contributed by atoms with van der Waals surface area (Å²) in [5.74, 6) is 0. The van der Waals surface area contributed by atoms with E-state index < -0.39 is 0 Å². The van der Waals surface area contributed by atoms with E-state index in [0.29, 0.717) is 0 Å². The molecule has 0 saturated heterocycles. The molecule has 0 aliphatic carbocycles. The number of nitrogens with zero attached hydrogens (tertiary/aromatic N) is 1. The molecule has 0 saturated carbocycles. The molecule has 6 heteroatoms. The van der Waals surface area contributed by atoms with E-state index in [1.165, 1.54) is 10.3 Å². The highest BCUT2D eigenvalue weighted by atomic mass is 127. The van der Waals surface area contributed by atoms with Gasteiger partial charge in [-0.3, -0.25) is 0 Å². The minimum atomic E-state index is 0.722.